The van der Waals surface area contributed by atoms with Gasteiger partial charge in [0.15, 0.2) is 5.11 Å². The average Bonchev–Trinajstić information content (AvgIpc) is 2.74. The van der Waals surface area contributed by atoms with Crippen molar-refractivity contribution in [1.29, 1.82) is 0 Å². The summed E-state index contributed by atoms with van der Waals surface area (Å²) in [6.07, 6.45) is 0.212. The molecule has 0 fully saturated rings. The van der Waals surface area contributed by atoms with Crippen molar-refractivity contribution >= 4 is 29.1 Å². The van der Waals surface area contributed by atoms with Gasteiger partial charge in [0.25, 0.3) is 5.91 Å². The van der Waals surface area contributed by atoms with Gasteiger partial charge in [0.2, 0.25) is 5.91 Å². The summed E-state index contributed by atoms with van der Waals surface area (Å²) in [6.45, 7) is 1.95. The highest BCUT2D eigenvalue weighted by molar-refractivity contribution is 7.80. The summed E-state index contributed by atoms with van der Waals surface area (Å²) in [4.78, 5) is 24.4. The van der Waals surface area contributed by atoms with E-state index < -0.39 is 0 Å². The van der Waals surface area contributed by atoms with Gasteiger partial charge >= 0.3 is 0 Å². The summed E-state index contributed by atoms with van der Waals surface area (Å²) in [7, 11) is 0. The molecule has 0 aliphatic heterocycles. The highest BCUT2D eigenvalue weighted by Gasteiger charge is 2.10. The SMILES string of the molecule is Cc1ccccc1CC(=O)NC(=S)NNC(=O)c1ccc(-c2ccccc2)cc1. The molecule has 0 spiro atoms. The van der Waals surface area contributed by atoms with E-state index in [4.69, 9.17) is 12.2 Å². The third kappa shape index (κ3) is 5.73. The molecule has 146 valence electrons. The number of hydrogen-bond acceptors (Lipinski definition) is 3. The zero-order valence-electron chi connectivity index (χ0n) is 15.9. The van der Waals surface area contributed by atoms with E-state index in [1.807, 2.05) is 73.7 Å². The molecule has 2 amide bonds. The van der Waals surface area contributed by atoms with Gasteiger partial charge in [0.1, 0.15) is 0 Å². The van der Waals surface area contributed by atoms with Gasteiger partial charge in [-0.15, -0.1) is 0 Å². The Bertz CT molecular complexity index is 1020. The van der Waals surface area contributed by atoms with Gasteiger partial charge < -0.3 is 5.32 Å². The second-order valence-electron chi connectivity index (χ2n) is 6.50. The van der Waals surface area contributed by atoms with Crippen molar-refractivity contribution in [3.8, 4) is 11.1 Å². The van der Waals surface area contributed by atoms with Crippen molar-refractivity contribution in [3.05, 3.63) is 95.6 Å². The molecule has 6 heteroatoms. The molecular formula is C23H21N3O2S. The molecule has 3 aromatic carbocycles. The Morgan fingerprint density at radius 1 is 0.793 bits per heavy atom. The predicted molar refractivity (Wildman–Crippen MR) is 118 cm³/mol. The van der Waals surface area contributed by atoms with Crippen LogP contribution in [0.15, 0.2) is 78.9 Å². The number of nitrogens with one attached hydrogen (secondary N) is 3. The lowest BCUT2D eigenvalue weighted by Crippen LogP contribution is -2.48. The minimum absolute atomic E-state index is 0.0397. The Balaban J connectivity index is 1.49. The largest absolute Gasteiger partial charge is 0.302 e. The summed E-state index contributed by atoms with van der Waals surface area (Å²) in [6, 6.07) is 24.8. The van der Waals surface area contributed by atoms with Crippen LogP contribution in [0, 0.1) is 6.92 Å². The number of benzene rings is 3. The number of carbonyl (C=O) groups excluding carboxylic acids is 2. The third-order valence-electron chi connectivity index (χ3n) is 4.41. The minimum atomic E-state index is -0.347. The van der Waals surface area contributed by atoms with E-state index in [0.717, 1.165) is 22.3 Å². The standard InChI is InChI=1S/C23H21N3O2S/c1-16-7-5-6-10-20(16)15-21(27)24-23(29)26-25-22(28)19-13-11-18(12-14-19)17-8-3-2-4-9-17/h2-14H,15H2,1H3,(H,25,28)(H2,24,26,27,29). The molecule has 0 aliphatic carbocycles. The average molecular weight is 404 g/mol. The van der Waals surface area contributed by atoms with Crippen molar-refractivity contribution in [3.63, 3.8) is 0 Å². The van der Waals surface area contributed by atoms with Gasteiger partial charge in [-0.3, -0.25) is 20.4 Å². The summed E-state index contributed by atoms with van der Waals surface area (Å²) in [5, 5.41) is 2.60. The van der Waals surface area contributed by atoms with E-state index in [1.54, 1.807) is 12.1 Å². The topological polar surface area (TPSA) is 70.2 Å². The van der Waals surface area contributed by atoms with Crippen LogP contribution in [0.3, 0.4) is 0 Å². The first-order valence-corrected chi connectivity index (χ1v) is 9.54. The van der Waals surface area contributed by atoms with Crippen molar-refractivity contribution in [1.82, 2.24) is 16.2 Å². The van der Waals surface area contributed by atoms with Crippen LogP contribution in [-0.2, 0) is 11.2 Å². The van der Waals surface area contributed by atoms with Crippen LogP contribution < -0.4 is 16.2 Å². The normalized spacial score (nSPS) is 10.1. The monoisotopic (exact) mass is 403 g/mol. The molecule has 0 atom stereocenters. The highest BCUT2D eigenvalue weighted by atomic mass is 32.1. The second kappa shape index (κ2) is 9.61. The smallest absolute Gasteiger partial charge is 0.269 e. The fourth-order valence-corrected chi connectivity index (χ4v) is 2.98. The summed E-state index contributed by atoms with van der Waals surface area (Å²) >= 11 is 5.07. The van der Waals surface area contributed by atoms with Crippen molar-refractivity contribution in [2.24, 2.45) is 0 Å². The lowest BCUT2D eigenvalue weighted by atomic mass is 10.0. The first-order valence-electron chi connectivity index (χ1n) is 9.13. The van der Waals surface area contributed by atoms with Crippen LogP contribution in [0.4, 0.5) is 0 Å². The minimum Gasteiger partial charge on any atom is -0.302 e. The van der Waals surface area contributed by atoms with Crippen LogP contribution in [0.2, 0.25) is 0 Å². The number of aryl methyl sites for hydroxylation is 1. The lowest BCUT2D eigenvalue weighted by molar-refractivity contribution is -0.119. The molecule has 0 bridgehead atoms. The molecular weight excluding hydrogens is 382 g/mol. The summed E-state index contributed by atoms with van der Waals surface area (Å²) in [5.74, 6) is -0.599. The fraction of sp³-hybridized carbons (Fsp3) is 0.0870. The van der Waals surface area contributed by atoms with Crippen LogP contribution in [0.25, 0.3) is 11.1 Å². The molecule has 0 radical (unpaired) electrons. The fourth-order valence-electron chi connectivity index (χ4n) is 2.81. The molecule has 0 unspecified atom stereocenters. The Labute approximate surface area is 175 Å². The predicted octanol–water partition coefficient (Wildman–Crippen LogP) is 3.54. The van der Waals surface area contributed by atoms with E-state index in [-0.39, 0.29) is 23.3 Å². The van der Waals surface area contributed by atoms with Crippen LogP contribution in [0.1, 0.15) is 21.5 Å². The zero-order chi connectivity index (χ0) is 20.6. The first-order chi connectivity index (χ1) is 14.0. The van der Waals surface area contributed by atoms with E-state index in [0.29, 0.717) is 5.56 Å². The number of hydrazine groups is 1. The Morgan fingerprint density at radius 3 is 2.10 bits per heavy atom. The number of amides is 2. The number of carbonyl (C=O) groups is 2. The van der Waals surface area contributed by atoms with Gasteiger partial charge in [-0.25, -0.2) is 0 Å². The number of rotatable bonds is 4. The van der Waals surface area contributed by atoms with Crippen molar-refractivity contribution in [2.75, 3.05) is 0 Å². The quantitative estimate of drug-likeness (QED) is 0.460. The van der Waals surface area contributed by atoms with Crippen LogP contribution in [0.5, 0.6) is 0 Å². The maximum absolute atomic E-state index is 12.3. The molecule has 5 nitrogen and oxygen atoms in total. The van der Waals surface area contributed by atoms with Gasteiger partial charge in [0, 0.05) is 5.56 Å². The first kappa shape index (κ1) is 20.2. The summed E-state index contributed by atoms with van der Waals surface area (Å²) < 4.78 is 0. The van der Waals surface area contributed by atoms with E-state index in [1.165, 1.54) is 0 Å². The third-order valence-corrected chi connectivity index (χ3v) is 4.61. The second-order valence-corrected chi connectivity index (χ2v) is 6.91. The van der Waals surface area contributed by atoms with Crippen LogP contribution >= 0.6 is 12.2 Å². The van der Waals surface area contributed by atoms with Crippen molar-refractivity contribution in [2.45, 2.75) is 13.3 Å². The van der Waals surface area contributed by atoms with E-state index in [2.05, 4.69) is 16.2 Å². The number of thiocarbonyl (C=S) groups is 1. The Morgan fingerprint density at radius 2 is 1.41 bits per heavy atom. The lowest BCUT2D eigenvalue weighted by Gasteiger charge is -2.12. The van der Waals surface area contributed by atoms with Gasteiger partial charge in [-0.1, -0.05) is 66.7 Å². The molecule has 3 rings (SSSR count). The molecule has 3 N–H and O–H groups in total. The van der Waals surface area contributed by atoms with Gasteiger partial charge in [-0.05, 0) is 53.5 Å². The Kier molecular flexibility index (Phi) is 6.71. The van der Waals surface area contributed by atoms with Gasteiger partial charge in [0.05, 0.1) is 6.42 Å². The van der Waals surface area contributed by atoms with Crippen LogP contribution in [-0.4, -0.2) is 16.9 Å². The highest BCUT2D eigenvalue weighted by Crippen LogP contribution is 2.19. The molecule has 0 aromatic heterocycles. The molecule has 0 saturated carbocycles. The maximum atomic E-state index is 12.3. The van der Waals surface area contributed by atoms with Gasteiger partial charge in [-0.2, -0.15) is 0 Å². The Hall–Kier alpha value is -3.51. The number of hydrogen-bond donors (Lipinski definition) is 3. The maximum Gasteiger partial charge on any atom is 0.269 e. The molecule has 0 saturated heterocycles. The molecule has 0 heterocycles. The summed E-state index contributed by atoms with van der Waals surface area (Å²) in [5.41, 5.74) is 9.59. The molecule has 29 heavy (non-hydrogen) atoms. The van der Waals surface area contributed by atoms with E-state index in [9.17, 15) is 9.59 Å². The molecule has 0 aliphatic rings. The zero-order valence-corrected chi connectivity index (χ0v) is 16.8. The van der Waals surface area contributed by atoms with E-state index >= 15 is 0 Å². The van der Waals surface area contributed by atoms with Crippen molar-refractivity contribution < 1.29 is 9.59 Å². The molecule has 3 aromatic rings.